The average Bonchev–Trinajstić information content (AvgIpc) is 3.33. The van der Waals surface area contributed by atoms with Crippen LogP contribution < -0.4 is 5.32 Å². The topological polar surface area (TPSA) is 85.7 Å². The van der Waals surface area contributed by atoms with Gasteiger partial charge in [0.2, 0.25) is 0 Å². The number of amides is 1. The number of ether oxygens (including phenoxy) is 1. The van der Waals surface area contributed by atoms with Crippen LogP contribution in [0.3, 0.4) is 0 Å². The smallest absolute Gasteiger partial charge is 0.427 e. The molecule has 44 heavy (non-hydrogen) atoms. The van der Waals surface area contributed by atoms with Crippen LogP contribution in [-0.4, -0.2) is 39.1 Å². The highest BCUT2D eigenvalue weighted by Gasteiger charge is 2.35. The van der Waals surface area contributed by atoms with Gasteiger partial charge in [-0.15, -0.1) is 5.06 Å². The summed E-state index contributed by atoms with van der Waals surface area (Å²) in [6.07, 6.45) is 0.929. The number of fused-ring (bicyclic) bond motifs is 1. The lowest BCUT2D eigenvalue weighted by atomic mass is 9.98. The van der Waals surface area contributed by atoms with Crippen LogP contribution in [0.5, 0.6) is 0 Å². The molecular formula is C33H31Cl2FN4O4. The molecule has 11 heteroatoms. The second kappa shape index (κ2) is 12.8. The molecule has 0 saturated carbocycles. The normalized spacial score (nSPS) is 15.0. The fourth-order valence-electron chi connectivity index (χ4n) is 4.84. The van der Waals surface area contributed by atoms with Crippen LogP contribution in [0.2, 0.25) is 10.0 Å². The van der Waals surface area contributed by atoms with E-state index in [4.69, 9.17) is 37.9 Å². The predicted octanol–water partition coefficient (Wildman–Crippen LogP) is 8.03. The van der Waals surface area contributed by atoms with Crippen molar-refractivity contribution < 1.29 is 23.6 Å². The van der Waals surface area contributed by atoms with Crippen molar-refractivity contribution in [1.82, 2.24) is 20.2 Å². The molecule has 0 aliphatic carbocycles. The lowest BCUT2D eigenvalue weighted by molar-refractivity contribution is -0.142. The van der Waals surface area contributed by atoms with E-state index in [-0.39, 0.29) is 30.6 Å². The molecule has 4 aromatic rings. The zero-order chi connectivity index (χ0) is 31.6. The standard InChI is InChI=1S/C33H31Cl2FN4O4/c1-20(22-8-6-5-7-9-22)37-31(41)29-26-19-39(44-32(42)43-33(2,3)4)18-23(16-21-10-13-25(36)14-11-21)30(26)40(38-29)28-15-12-24(34)17-27(28)35/h5-17,20H,18-19H2,1-4H3,(H,37,41)/b23-16+/t20-/m1/s1. The second-order valence-electron chi connectivity index (χ2n) is 11.4. The monoisotopic (exact) mass is 636 g/mol. The first-order chi connectivity index (χ1) is 20.9. The molecule has 1 aliphatic rings. The molecule has 3 aromatic carbocycles. The summed E-state index contributed by atoms with van der Waals surface area (Å²) >= 11 is 12.8. The average molecular weight is 638 g/mol. The van der Waals surface area contributed by atoms with E-state index in [1.54, 1.807) is 55.8 Å². The van der Waals surface area contributed by atoms with Crippen molar-refractivity contribution in [3.63, 3.8) is 0 Å². The van der Waals surface area contributed by atoms with E-state index in [2.05, 4.69) is 5.32 Å². The minimum atomic E-state index is -0.890. The number of carbonyl (C=O) groups excluding carboxylic acids is 2. The molecular weight excluding hydrogens is 606 g/mol. The maximum Gasteiger partial charge on any atom is 0.528 e. The third-order valence-corrected chi connectivity index (χ3v) is 7.31. The van der Waals surface area contributed by atoms with Gasteiger partial charge in [0.05, 0.1) is 35.5 Å². The van der Waals surface area contributed by atoms with Crippen molar-refractivity contribution in [3.05, 3.63) is 117 Å². The number of hydroxylamine groups is 2. The molecule has 0 unspecified atom stereocenters. The molecule has 1 aromatic heterocycles. The molecule has 1 N–H and O–H groups in total. The van der Waals surface area contributed by atoms with Crippen molar-refractivity contribution in [1.29, 1.82) is 0 Å². The summed E-state index contributed by atoms with van der Waals surface area (Å²) in [5.74, 6) is -0.808. The Bertz CT molecular complexity index is 1720. The molecule has 0 spiro atoms. The highest BCUT2D eigenvalue weighted by molar-refractivity contribution is 6.35. The lowest BCUT2D eigenvalue weighted by Gasteiger charge is -2.29. The molecule has 0 bridgehead atoms. The lowest BCUT2D eigenvalue weighted by Crippen LogP contribution is -2.36. The fraction of sp³-hybridized carbons (Fsp3) is 0.242. The first kappa shape index (κ1) is 31.3. The summed E-state index contributed by atoms with van der Waals surface area (Å²) in [5, 5.41) is 9.94. The van der Waals surface area contributed by atoms with Crippen molar-refractivity contribution >= 4 is 46.9 Å². The molecule has 0 radical (unpaired) electrons. The molecule has 0 saturated heterocycles. The van der Waals surface area contributed by atoms with Crippen LogP contribution in [-0.2, 0) is 16.1 Å². The predicted molar refractivity (Wildman–Crippen MR) is 168 cm³/mol. The van der Waals surface area contributed by atoms with Gasteiger partial charge in [-0.1, -0.05) is 65.7 Å². The Kier molecular flexibility index (Phi) is 9.10. The van der Waals surface area contributed by atoms with Gasteiger partial charge in [-0.2, -0.15) is 5.10 Å². The van der Waals surface area contributed by atoms with Gasteiger partial charge in [-0.3, -0.25) is 4.79 Å². The quantitative estimate of drug-likeness (QED) is 0.216. The SMILES string of the molecule is C[C@@H](NC(=O)c1nn(-c2ccc(Cl)cc2Cl)c2c1CN(OC(=O)OC(C)(C)C)C/C2=C\c1ccc(F)cc1)c1ccccc1. The van der Waals surface area contributed by atoms with Gasteiger partial charge in [0.15, 0.2) is 5.69 Å². The van der Waals surface area contributed by atoms with Gasteiger partial charge >= 0.3 is 6.16 Å². The Labute approximate surface area is 264 Å². The molecule has 8 nitrogen and oxygen atoms in total. The zero-order valence-corrected chi connectivity index (χ0v) is 26.1. The third kappa shape index (κ3) is 7.30. The van der Waals surface area contributed by atoms with E-state index in [9.17, 15) is 14.0 Å². The first-order valence-corrected chi connectivity index (χ1v) is 14.7. The molecule has 1 amide bonds. The van der Waals surface area contributed by atoms with Gasteiger partial charge in [0, 0.05) is 10.6 Å². The first-order valence-electron chi connectivity index (χ1n) is 13.9. The molecule has 1 atom stereocenters. The van der Waals surface area contributed by atoms with E-state index in [0.717, 1.165) is 5.56 Å². The summed E-state index contributed by atoms with van der Waals surface area (Å²) in [6.45, 7) is 7.23. The maximum absolute atomic E-state index is 13.8. The minimum absolute atomic E-state index is 0.0308. The number of carbonyl (C=O) groups is 2. The van der Waals surface area contributed by atoms with Gasteiger partial charge < -0.3 is 14.9 Å². The van der Waals surface area contributed by atoms with E-state index < -0.39 is 17.7 Å². The Hall–Kier alpha value is -4.18. The Morgan fingerprint density at radius 3 is 2.39 bits per heavy atom. The summed E-state index contributed by atoms with van der Waals surface area (Å²) in [7, 11) is 0. The van der Waals surface area contributed by atoms with Crippen LogP contribution in [0.1, 0.15) is 66.6 Å². The van der Waals surface area contributed by atoms with Gasteiger partial charge in [-0.05, 0) is 80.8 Å². The van der Waals surface area contributed by atoms with E-state index in [0.29, 0.717) is 38.1 Å². The number of halogens is 3. The summed E-state index contributed by atoms with van der Waals surface area (Å²) in [5.41, 5.74) is 3.16. The number of nitrogens with zero attached hydrogens (tertiary/aromatic N) is 3. The second-order valence-corrected chi connectivity index (χ2v) is 12.2. The van der Waals surface area contributed by atoms with Crippen molar-refractivity contribution in [2.75, 3.05) is 6.54 Å². The van der Waals surface area contributed by atoms with E-state index in [1.807, 2.05) is 43.3 Å². The van der Waals surface area contributed by atoms with Crippen LogP contribution in [0.25, 0.3) is 17.3 Å². The number of rotatable bonds is 6. The van der Waals surface area contributed by atoms with Crippen molar-refractivity contribution in [2.24, 2.45) is 0 Å². The number of aromatic nitrogens is 2. The van der Waals surface area contributed by atoms with Gasteiger partial charge in [0.25, 0.3) is 5.91 Å². The Morgan fingerprint density at radius 2 is 1.73 bits per heavy atom. The number of hydrogen-bond donors (Lipinski definition) is 1. The van der Waals surface area contributed by atoms with E-state index >= 15 is 0 Å². The van der Waals surface area contributed by atoms with Crippen LogP contribution in [0, 0.1) is 5.82 Å². The fourth-order valence-corrected chi connectivity index (χ4v) is 5.33. The largest absolute Gasteiger partial charge is 0.528 e. The van der Waals surface area contributed by atoms with E-state index in [1.165, 1.54) is 17.2 Å². The summed E-state index contributed by atoms with van der Waals surface area (Å²) < 4.78 is 20.7. The van der Waals surface area contributed by atoms with Crippen LogP contribution >= 0.6 is 23.2 Å². The molecule has 0 fully saturated rings. The number of nitrogens with one attached hydrogen (secondary N) is 1. The third-order valence-electron chi connectivity index (χ3n) is 6.77. The van der Waals surface area contributed by atoms with Gasteiger partial charge in [0.1, 0.15) is 11.4 Å². The van der Waals surface area contributed by atoms with Crippen molar-refractivity contribution in [2.45, 2.75) is 45.9 Å². The highest BCUT2D eigenvalue weighted by atomic mass is 35.5. The summed E-state index contributed by atoms with van der Waals surface area (Å²) in [6, 6.07) is 20.2. The zero-order valence-electron chi connectivity index (χ0n) is 24.6. The molecule has 5 rings (SSSR count). The Morgan fingerprint density at radius 1 is 1.02 bits per heavy atom. The number of benzene rings is 3. The minimum Gasteiger partial charge on any atom is -0.427 e. The van der Waals surface area contributed by atoms with Gasteiger partial charge in [-0.25, -0.2) is 13.9 Å². The molecule has 2 heterocycles. The molecule has 1 aliphatic heterocycles. The van der Waals surface area contributed by atoms with Crippen LogP contribution in [0.15, 0.2) is 72.8 Å². The number of hydrogen-bond acceptors (Lipinski definition) is 6. The van der Waals surface area contributed by atoms with Crippen molar-refractivity contribution in [3.8, 4) is 5.69 Å². The van der Waals surface area contributed by atoms with Crippen LogP contribution in [0.4, 0.5) is 9.18 Å². The maximum atomic E-state index is 13.8. The molecule has 228 valence electrons. The highest BCUT2D eigenvalue weighted by Crippen LogP contribution is 2.36. The Balaban J connectivity index is 1.64. The summed E-state index contributed by atoms with van der Waals surface area (Å²) in [4.78, 5) is 32.1.